The molecule has 0 bridgehead atoms. The van der Waals surface area contributed by atoms with E-state index in [4.69, 9.17) is 14.5 Å². The number of nitrogens with zero attached hydrogens (tertiary/aromatic N) is 2. The number of aromatic nitrogens is 3. The number of pyridine rings is 1. The SMILES string of the molecule is CCc1[nH]nc2nc(-c3cc(CC(=O)c4cc(C)cc(OCCCNC(=O)OC(C)(C)C)c4)ccc3C)ccc12. The third kappa shape index (κ3) is 7.46. The van der Waals surface area contributed by atoms with Crippen LogP contribution in [0.3, 0.4) is 0 Å². The Balaban J connectivity index is 1.40. The zero-order chi connectivity index (χ0) is 28.9. The number of fused-ring (bicyclic) bond motifs is 1. The van der Waals surface area contributed by atoms with E-state index in [2.05, 4.69) is 28.5 Å². The maximum Gasteiger partial charge on any atom is 0.407 e. The molecule has 8 heteroatoms. The number of carbonyl (C=O) groups excluding carboxylic acids is 2. The number of alkyl carbamates (subject to hydrolysis) is 1. The number of hydrogen-bond acceptors (Lipinski definition) is 6. The van der Waals surface area contributed by atoms with Gasteiger partial charge in [0.25, 0.3) is 0 Å². The summed E-state index contributed by atoms with van der Waals surface area (Å²) in [7, 11) is 0. The van der Waals surface area contributed by atoms with Crippen molar-refractivity contribution in [2.45, 2.75) is 66.4 Å². The van der Waals surface area contributed by atoms with E-state index in [1.165, 1.54) is 0 Å². The zero-order valence-corrected chi connectivity index (χ0v) is 24.2. The van der Waals surface area contributed by atoms with Crippen LogP contribution in [0.5, 0.6) is 5.75 Å². The lowest BCUT2D eigenvalue weighted by atomic mass is 9.96. The first kappa shape index (κ1) is 28.8. The van der Waals surface area contributed by atoms with Crippen molar-refractivity contribution in [2.24, 2.45) is 0 Å². The summed E-state index contributed by atoms with van der Waals surface area (Å²) in [6, 6.07) is 15.7. The maximum atomic E-state index is 13.3. The summed E-state index contributed by atoms with van der Waals surface area (Å²) in [5, 5.41) is 11.2. The van der Waals surface area contributed by atoms with E-state index in [-0.39, 0.29) is 12.2 Å². The fourth-order valence-corrected chi connectivity index (χ4v) is 4.47. The molecule has 0 saturated carbocycles. The van der Waals surface area contributed by atoms with Crippen LogP contribution in [0, 0.1) is 13.8 Å². The van der Waals surface area contributed by atoms with Crippen molar-refractivity contribution in [1.29, 1.82) is 0 Å². The lowest BCUT2D eigenvalue weighted by Gasteiger charge is -2.19. The smallest absolute Gasteiger partial charge is 0.407 e. The molecule has 8 nitrogen and oxygen atoms in total. The lowest BCUT2D eigenvalue weighted by Crippen LogP contribution is -2.33. The van der Waals surface area contributed by atoms with Crippen LogP contribution in [-0.4, -0.2) is 45.8 Å². The second-order valence-corrected chi connectivity index (χ2v) is 11.0. The van der Waals surface area contributed by atoms with Crippen molar-refractivity contribution >= 4 is 22.9 Å². The second-order valence-electron chi connectivity index (χ2n) is 11.0. The van der Waals surface area contributed by atoms with Gasteiger partial charge in [-0.1, -0.05) is 19.1 Å². The van der Waals surface area contributed by atoms with Crippen LogP contribution in [0.15, 0.2) is 48.5 Å². The van der Waals surface area contributed by atoms with Gasteiger partial charge in [-0.15, -0.1) is 0 Å². The summed E-state index contributed by atoms with van der Waals surface area (Å²) in [6.07, 6.45) is 1.30. The molecule has 4 rings (SSSR count). The van der Waals surface area contributed by atoms with Crippen molar-refractivity contribution in [3.63, 3.8) is 0 Å². The molecule has 0 fully saturated rings. The molecular formula is C32H38N4O4. The number of aryl methyl sites for hydroxylation is 3. The first-order valence-electron chi connectivity index (χ1n) is 13.7. The highest BCUT2D eigenvalue weighted by molar-refractivity contribution is 5.98. The van der Waals surface area contributed by atoms with Gasteiger partial charge < -0.3 is 14.8 Å². The highest BCUT2D eigenvalue weighted by Gasteiger charge is 2.16. The van der Waals surface area contributed by atoms with Crippen LogP contribution in [0.4, 0.5) is 4.79 Å². The van der Waals surface area contributed by atoms with Crippen LogP contribution >= 0.6 is 0 Å². The average molecular weight is 543 g/mol. The Labute approximate surface area is 235 Å². The van der Waals surface area contributed by atoms with Crippen LogP contribution in [0.2, 0.25) is 0 Å². The highest BCUT2D eigenvalue weighted by atomic mass is 16.6. The summed E-state index contributed by atoms with van der Waals surface area (Å²) in [5.74, 6) is 0.645. The molecule has 0 aliphatic heterocycles. The van der Waals surface area contributed by atoms with E-state index in [0.29, 0.717) is 36.5 Å². The molecular weight excluding hydrogens is 504 g/mol. The van der Waals surface area contributed by atoms with E-state index in [1.54, 1.807) is 6.07 Å². The molecule has 0 spiro atoms. The second kappa shape index (κ2) is 12.3. The molecule has 2 heterocycles. The van der Waals surface area contributed by atoms with Gasteiger partial charge in [-0.05, 0) is 101 Å². The molecule has 0 aliphatic rings. The fraction of sp³-hybridized carbons (Fsp3) is 0.375. The van der Waals surface area contributed by atoms with Gasteiger partial charge in [-0.3, -0.25) is 9.89 Å². The minimum Gasteiger partial charge on any atom is -0.493 e. The Kier molecular flexibility index (Phi) is 8.87. The van der Waals surface area contributed by atoms with Gasteiger partial charge in [0.05, 0.1) is 12.3 Å². The predicted molar refractivity (Wildman–Crippen MR) is 157 cm³/mol. The number of benzene rings is 2. The number of Topliss-reactive ketones (excluding diaryl/α,β-unsaturated/α-hetero) is 1. The molecule has 0 radical (unpaired) electrons. The van der Waals surface area contributed by atoms with E-state index in [9.17, 15) is 9.59 Å². The Morgan fingerprint density at radius 3 is 2.58 bits per heavy atom. The Bertz CT molecular complexity index is 1520. The number of aromatic amines is 1. The monoisotopic (exact) mass is 542 g/mol. The minimum atomic E-state index is -0.532. The van der Waals surface area contributed by atoms with Crippen LogP contribution in [0.25, 0.3) is 22.3 Å². The number of nitrogens with one attached hydrogen (secondary N) is 2. The predicted octanol–water partition coefficient (Wildman–Crippen LogP) is 6.52. The Hall–Kier alpha value is -4.20. The van der Waals surface area contributed by atoms with Crippen molar-refractivity contribution in [3.8, 4) is 17.0 Å². The summed E-state index contributed by atoms with van der Waals surface area (Å²) < 4.78 is 11.1. The molecule has 2 aromatic heterocycles. The summed E-state index contributed by atoms with van der Waals surface area (Å²) >= 11 is 0. The Morgan fingerprint density at radius 2 is 1.82 bits per heavy atom. The third-order valence-corrected chi connectivity index (χ3v) is 6.42. The quantitative estimate of drug-likeness (QED) is 0.174. The molecule has 0 saturated heterocycles. The van der Waals surface area contributed by atoms with Crippen molar-refractivity contribution in [1.82, 2.24) is 20.5 Å². The summed E-state index contributed by atoms with van der Waals surface area (Å²) in [4.78, 5) is 29.8. The first-order chi connectivity index (χ1) is 19.0. The van der Waals surface area contributed by atoms with Crippen LogP contribution in [-0.2, 0) is 17.6 Å². The molecule has 2 N–H and O–H groups in total. The molecule has 0 aliphatic carbocycles. The van der Waals surface area contributed by atoms with Crippen LogP contribution < -0.4 is 10.1 Å². The van der Waals surface area contributed by atoms with Gasteiger partial charge in [0, 0.05) is 35.2 Å². The number of ketones is 1. The van der Waals surface area contributed by atoms with Gasteiger partial charge in [0.1, 0.15) is 11.4 Å². The van der Waals surface area contributed by atoms with Crippen LogP contribution in [0.1, 0.15) is 66.9 Å². The molecule has 0 atom stereocenters. The van der Waals surface area contributed by atoms with Gasteiger partial charge in [0.2, 0.25) is 0 Å². The van der Waals surface area contributed by atoms with E-state index < -0.39 is 11.7 Å². The standard InChI is InChI=1S/C32H38N4O4/c1-7-27-25-11-12-28(34-30(25)36-35-27)26-17-22(10-9-21(26)3)18-29(37)23-15-20(2)16-24(19-23)39-14-8-13-33-31(38)40-32(4,5)6/h9-12,15-17,19H,7-8,13-14,18H2,1-6H3,(H,33,38)(H,34,35,36). The van der Waals surface area contributed by atoms with Crippen molar-refractivity contribution in [3.05, 3.63) is 76.5 Å². The lowest BCUT2D eigenvalue weighted by molar-refractivity contribution is 0.0525. The molecule has 2 aromatic carbocycles. The van der Waals surface area contributed by atoms with E-state index in [1.807, 2.05) is 71.0 Å². The van der Waals surface area contributed by atoms with Crippen molar-refractivity contribution in [2.75, 3.05) is 13.2 Å². The number of ether oxygens (including phenoxy) is 2. The minimum absolute atomic E-state index is 0.0123. The third-order valence-electron chi connectivity index (χ3n) is 6.42. The zero-order valence-electron chi connectivity index (χ0n) is 24.2. The average Bonchev–Trinajstić information content (AvgIpc) is 3.30. The van der Waals surface area contributed by atoms with Gasteiger partial charge >= 0.3 is 6.09 Å². The molecule has 40 heavy (non-hydrogen) atoms. The van der Waals surface area contributed by atoms with Gasteiger partial charge in [-0.25, -0.2) is 9.78 Å². The number of H-pyrrole nitrogens is 1. The molecule has 4 aromatic rings. The number of hydrogen-bond donors (Lipinski definition) is 2. The van der Waals surface area contributed by atoms with E-state index >= 15 is 0 Å². The highest BCUT2D eigenvalue weighted by Crippen LogP contribution is 2.27. The summed E-state index contributed by atoms with van der Waals surface area (Å²) in [5.41, 5.74) is 6.61. The Morgan fingerprint density at radius 1 is 1.02 bits per heavy atom. The van der Waals surface area contributed by atoms with Crippen molar-refractivity contribution < 1.29 is 19.1 Å². The van der Waals surface area contributed by atoms with Gasteiger partial charge in [-0.2, -0.15) is 5.10 Å². The number of rotatable bonds is 10. The number of carbonyl (C=O) groups is 2. The molecule has 210 valence electrons. The van der Waals surface area contributed by atoms with Gasteiger partial charge in [0.15, 0.2) is 11.4 Å². The largest absolute Gasteiger partial charge is 0.493 e. The maximum absolute atomic E-state index is 13.3. The first-order valence-corrected chi connectivity index (χ1v) is 13.7. The molecule has 1 amide bonds. The molecule has 0 unspecified atom stereocenters. The number of amides is 1. The topological polar surface area (TPSA) is 106 Å². The summed E-state index contributed by atoms with van der Waals surface area (Å²) in [6.45, 7) is 12.4. The van der Waals surface area contributed by atoms with E-state index in [0.717, 1.165) is 45.4 Å². The fourth-order valence-electron chi connectivity index (χ4n) is 4.47. The normalized spacial score (nSPS) is 11.4.